The number of amides is 1. The fourth-order valence-corrected chi connectivity index (χ4v) is 5.62. The Balaban J connectivity index is 1.46. The fraction of sp³-hybridized carbons (Fsp3) is 0.400. The SMILES string of the molecule is CCn1c(SCC(=O)Nc2sc3c(c2C#N)CCCC3)nnc1-c1ccoc1C. The second-order valence-corrected chi connectivity index (χ2v) is 8.85. The molecule has 3 aromatic heterocycles. The largest absolute Gasteiger partial charge is 0.469 e. The molecule has 0 atom stereocenters. The van der Waals surface area contributed by atoms with Crippen molar-refractivity contribution in [3.63, 3.8) is 0 Å². The van der Waals surface area contributed by atoms with Crippen LogP contribution in [0.1, 0.15) is 41.5 Å². The van der Waals surface area contributed by atoms with Gasteiger partial charge in [0.25, 0.3) is 0 Å². The number of rotatable bonds is 6. The summed E-state index contributed by atoms with van der Waals surface area (Å²) in [7, 11) is 0. The van der Waals surface area contributed by atoms with E-state index >= 15 is 0 Å². The third-order valence-electron chi connectivity index (χ3n) is 5.00. The molecule has 3 aromatic rings. The number of thioether (sulfide) groups is 1. The zero-order chi connectivity index (χ0) is 20.4. The average Bonchev–Trinajstić information content (AvgIpc) is 3.41. The monoisotopic (exact) mass is 427 g/mol. The van der Waals surface area contributed by atoms with E-state index < -0.39 is 0 Å². The van der Waals surface area contributed by atoms with E-state index in [0.29, 0.717) is 22.3 Å². The van der Waals surface area contributed by atoms with E-state index in [2.05, 4.69) is 21.6 Å². The Hall–Kier alpha value is -2.57. The molecule has 0 aliphatic heterocycles. The number of hydrogen-bond acceptors (Lipinski definition) is 7. The molecule has 3 heterocycles. The number of thiophene rings is 1. The van der Waals surface area contributed by atoms with E-state index in [4.69, 9.17) is 4.42 Å². The number of carbonyl (C=O) groups is 1. The van der Waals surface area contributed by atoms with Crippen LogP contribution < -0.4 is 5.32 Å². The van der Waals surface area contributed by atoms with E-state index in [1.807, 2.05) is 24.5 Å². The first-order valence-corrected chi connectivity index (χ1v) is 11.4. The average molecular weight is 428 g/mol. The van der Waals surface area contributed by atoms with Crippen molar-refractivity contribution >= 4 is 34.0 Å². The number of furan rings is 1. The molecule has 29 heavy (non-hydrogen) atoms. The molecule has 1 N–H and O–H groups in total. The number of nitriles is 1. The molecule has 4 rings (SSSR count). The number of nitrogens with one attached hydrogen (secondary N) is 1. The lowest BCUT2D eigenvalue weighted by Gasteiger charge is -2.09. The van der Waals surface area contributed by atoms with Crippen molar-refractivity contribution in [3.8, 4) is 17.5 Å². The molecule has 7 nitrogen and oxygen atoms in total. The zero-order valence-corrected chi connectivity index (χ0v) is 18.0. The minimum absolute atomic E-state index is 0.142. The summed E-state index contributed by atoms with van der Waals surface area (Å²) < 4.78 is 7.34. The van der Waals surface area contributed by atoms with Crippen LogP contribution in [0.15, 0.2) is 21.9 Å². The summed E-state index contributed by atoms with van der Waals surface area (Å²) in [4.78, 5) is 13.8. The maximum Gasteiger partial charge on any atom is 0.235 e. The second kappa shape index (κ2) is 8.43. The van der Waals surface area contributed by atoms with Crippen molar-refractivity contribution in [2.75, 3.05) is 11.1 Å². The topological polar surface area (TPSA) is 96.7 Å². The van der Waals surface area contributed by atoms with Crippen LogP contribution in [0, 0.1) is 18.3 Å². The van der Waals surface area contributed by atoms with Gasteiger partial charge in [0, 0.05) is 11.4 Å². The Bertz CT molecular complexity index is 1090. The minimum Gasteiger partial charge on any atom is -0.469 e. The number of aromatic nitrogens is 3. The first-order chi connectivity index (χ1) is 14.1. The molecule has 150 valence electrons. The Morgan fingerprint density at radius 3 is 2.97 bits per heavy atom. The van der Waals surface area contributed by atoms with Crippen LogP contribution in [0.25, 0.3) is 11.4 Å². The van der Waals surface area contributed by atoms with Crippen LogP contribution in [-0.4, -0.2) is 26.4 Å². The van der Waals surface area contributed by atoms with Crippen LogP contribution >= 0.6 is 23.1 Å². The van der Waals surface area contributed by atoms with Gasteiger partial charge in [0.2, 0.25) is 5.91 Å². The summed E-state index contributed by atoms with van der Waals surface area (Å²) in [6.07, 6.45) is 5.80. The molecule has 1 aliphatic rings. The molecule has 9 heteroatoms. The van der Waals surface area contributed by atoms with Crippen molar-refractivity contribution in [2.45, 2.75) is 51.2 Å². The van der Waals surface area contributed by atoms with Gasteiger partial charge < -0.3 is 14.3 Å². The van der Waals surface area contributed by atoms with Crippen LogP contribution in [0.4, 0.5) is 5.00 Å². The molecule has 0 unspecified atom stereocenters. The van der Waals surface area contributed by atoms with Crippen LogP contribution in [0.3, 0.4) is 0 Å². The molecule has 0 saturated carbocycles. The van der Waals surface area contributed by atoms with Gasteiger partial charge in [-0.2, -0.15) is 5.26 Å². The van der Waals surface area contributed by atoms with Crippen LogP contribution in [-0.2, 0) is 24.2 Å². The summed E-state index contributed by atoms with van der Waals surface area (Å²) in [6, 6.07) is 4.15. The van der Waals surface area contributed by atoms with Gasteiger partial charge in [0.15, 0.2) is 11.0 Å². The van der Waals surface area contributed by atoms with Crippen LogP contribution in [0.2, 0.25) is 0 Å². The molecule has 0 aromatic carbocycles. The fourth-order valence-electron chi connectivity index (χ4n) is 3.56. The quantitative estimate of drug-likeness (QED) is 0.585. The number of nitrogens with zero attached hydrogens (tertiary/aromatic N) is 4. The van der Waals surface area contributed by atoms with E-state index in [9.17, 15) is 10.1 Å². The van der Waals surface area contributed by atoms with E-state index in [0.717, 1.165) is 48.4 Å². The highest BCUT2D eigenvalue weighted by Crippen LogP contribution is 2.37. The van der Waals surface area contributed by atoms with E-state index in [1.54, 1.807) is 17.6 Å². The van der Waals surface area contributed by atoms with Crippen molar-refractivity contribution in [2.24, 2.45) is 0 Å². The van der Waals surface area contributed by atoms with Gasteiger partial charge in [0.05, 0.1) is 23.1 Å². The van der Waals surface area contributed by atoms with Crippen molar-refractivity contribution in [1.82, 2.24) is 14.8 Å². The number of fused-ring (bicyclic) bond motifs is 1. The molecule has 1 amide bonds. The summed E-state index contributed by atoms with van der Waals surface area (Å²) in [5.74, 6) is 1.58. The smallest absolute Gasteiger partial charge is 0.235 e. The standard InChI is InChI=1S/C20H21N5O2S2/c1-3-25-18(13-8-9-27-12(13)2)23-24-20(25)28-11-17(26)22-19-15(10-21)14-6-4-5-7-16(14)29-19/h8-9H,3-7,11H2,1-2H3,(H,22,26). The molecule has 1 aliphatic carbocycles. The number of carbonyl (C=O) groups excluding carboxylic acids is 1. The molecule has 0 spiro atoms. The minimum atomic E-state index is -0.142. The van der Waals surface area contributed by atoms with E-state index in [-0.39, 0.29) is 11.7 Å². The number of aryl methyl sites for hydroxylation is 2. The molecule has 0 radical (unpaired) electrons. The van der Waals surface area contributed by atoms with Gasteiger partial charge in [-0.25, -0.2) is 0 Å². The Labute approximate surface area is 177 Å². The predicted octanol–water partition coefficient (Wildman–Crippen LogP) is 4.41. The third kappa shape index (κ3) is 3.82. The Kier molecular flexibility index (Phi) is 5.74. The highest BCUT2D eigenvalue weighted by molar-refractivity contribution is 7.99. The summed E-state index contributed by atoms with van der Waals surface area (Å²) in [5.41, 5.74) is 2.66. The maximum absolute atomic E-state index is 12.5. The zero-order valence-electron chi connectivity index (χ0n) is 16.3. The van der Waals surface area contributed by atoms with Gasteiger partial charge in [0.1, 0.15) is 16.8 Å². The maximum atomic E-state index is 12.5. The van der Waals surface area contributed by atoms with Gasteiger partial charge in [-0.15, -0.1) is 21.5 Å². The first kappa shape index (κ1) is 19.7. The predicted molar refractivity (Wildman–Crippen MR) is 113 cm³/mol. The molecular formula is C20H21N5O2S2. The summed E-state index contributed by atoms with van der Waals surface area (Å²) >= 11 is 2.88. The van der Waals surface area contributed by atoms with Gasteiger partial charge in [-0.05, 0) is 51.2 Å². The molecule has 0 bridgehead atoms. The lowest BCUT2D eigenvalue weighted by Crippen LogP contribution is -2.14. The Morgan fingerprint density at radius 1 is 1.41 bits per heavy atom. The third-order valence-corrected chi connectivity index (χ3v) is 7.18. The highest BCUT2D eigenvalue weighted by atomic mass is 32.2. The lowest BCUT2D eigenvalue weighted by molar-refractivity contribution is -0.113. The summed E-state index contributed by atoms with van der Waals surface area (Å²) in [5, 5.41) is 22.4. The highest BCUT2D eigenvalue weighted by Gasteiger charge is 2.22. The number of hydrogen-bond donors (Lipinski definition) is 1. The first-order valence-electron chi connectivity index (χ1n) is 9.57. The molecular weight excluding hydrogens is 406 g/mol. The Morgan fingerprint density at radius 2 is 2.24 bits per heavy atom. The van der Waals surface area contributed by atoms with Gasteiger partial charge >= 0.3 is 0 Å². The lowest BCUT2D eigenvalue weighted by atomic mass is 9.96. The van der Waals surface area contributed by atoms with Gasteiger partial charge in [-0.1, -0.05) is 11.8 Å². The van der Waals surface area contributed by atoms with Crippen LogP contribution in [0.5, 0.6) is 0 Å². The summed E-state index contributed by atoms with van der Waals surface area (Å²) in [6.45, 7) is 4.59. The van der Waals surface area contributed by atoms with Crippen molar-refractivity contribution in [1.29, 1.82) is 5.26 Å². The molecule has 0 saturated heterocycles. The number of anilines is 1. The van der Waals surface area contributed by atoms with E-state index in [1.165, 1.54) is 16.6 Å². The van der Waals surface area contributed by atoms with Gasteiger partial charge in [-0.3, -0.25) is 4.79 Å². The van der Waals surface area contributed by atoms with Crippen molar-refractivity contribution < 1.29 is 9.21 Å². The second-order valence-electron chi connectivity index (χ2n) is 6.80. The normalized spacial score (nSPS) is 13.1. The molecule has 0 fully saturated rings. The van der Waals surface area contributed by atoms with Crippen molar-refractivity contribution in [3.05, 3.63) is 34.1 Å².